The van der Waals surface area contributed by atoms with Gasteiger partial charge in [-0.3, -0.25) is 0 Å². The van der Waals surface area contributed by atoms with Gasteiger partial charge in [0.15, 0.2) is 0 Å². The molecule has 0 radical (unpaired) electrons. The number of ether oxygens (including phenoxy) is 1. The van der Waals surface area contributed by atoms with Gasteiger partial charge in [0.25, 0.3) is 0 Å². The van der Waals surface area contributed by atoms with Gasteiger partial charge in [0, 0.05) is 11.6 Å². The Morgan fingerprint density at radius 3 is 2.38 bits per heavy atom. The lowest BCUT2D eigenvalue weighted by atomic mass is 10.0. The van der Waals surface area contributed by atoms with Gasteiger partial charge in [-0.15, -0.1) is 0 Å². The van der Waals surface area contributed by atoms with Crippen molar-refractivity contribution in [1.29, 1.82) is 0 Å². The minimum atomic E-state index is -0.661. The molecule has 0 aromatic heterocycles. The molecule has 1 aromatic carbocycles. The Labute approximate surface area is 77.6 Å². The molecule has 0 amide bonds. The monoisotopic (exact) mass is 182 g/mol. The van der Waals surface area contributed by atoms with Crippen LogP contribution in [0.3, 0.4) is 0 Å². The van der Waals surface area contributed by atoms with Crippen molar-refractivity contribution in [2.75, 3.05) is 7.11 Å². The number of rotatable bonds is 2. The van der Waals surface area contributed by atoms with E-state index in [2.05, 4.69) is 0 Å². The Kier molecular flexibility index (Phi) is 2.78. The molecule has 0 bridgehead atoms. The Hall–Kier alpha value is -1.22. The van der Waals surface area contributed by atoms with Crippen molar-refractivity contribution in [3.8, 4) is 11.5 Å². The van der Waals surface area contributed by atoms with Crippen LogP contribution in [0, 0.1) is 6.92 Å². The predicted molar refractivity (Wildman–Crippen MR) is 50.0 cm³/mol. The van der Waals surface area contributed by atoms with E-state index in [1.165, 1.54) is 13.2 Å². The lowest BCUT2D eigenvalue weighted by Crippen LogP contribution is -1.96. The molecule has 0 aliphatic heterocycles. The Morgan fingerprint density at radius 1 is 1.38 bits per heavy atom. The zero-order valence-corrected chi connectivity index (χ0v) is 8.03. The van der Waals surface area contributed by atoms with Crippen LogP contribution >= 0.6 is 0 Å². The minimum absolute atomic E-state index is 0.0758. The molecule has 13 heavy (non-hydrogen) atoms. The highest BCUT2D eigenvalue weighted by Crippen LogP contribution is 2.31. The Balaban J connectivity index is 3.23. The van der Waals surface area contributed by atoms with Gasteiger partial charge in [0.2, 0.25) is 0 Å². The van der Waals surface area contributed by atoms with Crippen molar-refractivity contribution in [2.24, 2.45) is 0 Å². The summed E-state index contributed by atoms with van der Waals surface area (Å²) in [5.74, 6) is 0.672. The molecule has 2 N–H and O–H groups in total. The van der Waals surface area contributed by atoms with Crippen LogP contribution in [0.2, 0.25) is 0 Å². The van der Waals surface area contributed by atoms with Crippen molar-refractivity contribution in [3.05, 3.63) is 23.3 Å². The van der Waals surface area contributed by atoms with Gasteiger partial charge < -0.3 is 14.9 Å². The molecule has 0 spiro atoms. The van der Waals surface area contributed by atoms with Crippen LogP contribution in [-0.4, -0.2) is 17.3 Å². The van der Waals surface area contributed by atoms with E-state index in [0.29, 0.717) is 11.3 Å². The number of aromatic hydroxyl groups is 1. The molecule has 0 fully saturated rings. The summed E-state index contributed by atoms with van der Waals surface area (Å²) in [4.78, 5) is 0. The van der Waals surface area contributed by atoms with Crippen molar-refractivity contribution >= 4 is 0 Å². The molecule has 0 saturated heterocycles. The fraction of sp³-hybridized carbons (Fsp3) is 0.400. The maximum absolute atomic E-state index is 9.53. The Bertz CT molecular complexity index is 282. The van der Waals surface area contributed by atoms with Gasteiger partial charge in [-0.1, -0.05) is 0 Å². The van der Waals surface area contributed by atoms with Gasteiger partial charge >= 0.3 is 0 Å². The molecule has 1 atom stereocenters. The van der Waals surface area contributed by atoms with Crippen molar-refractivity contribution in [3.63, 3.8) is 0 Å². The maximum Gasteiger partial charge on any atom is 0.125 e. The third-order valence-electron chi connectivity index (χ3n) is 1.99. The van der Waals surface area contributed by atoms with Crippen molar-refractivity contribution < 1.29 is 14.9 Å². The standard InChI is InChI=1S/C10H14O3/c1-6-4-8(13-3)5-9(12)10(6)7(2)11/h4-5,7,11-12H,1-3H3. The summed E-state index contributed by atoms with van der Waals surface area (Å²) in [5, 5.41) is 18.9. The second-order valence-corrected chi connectivity index (χ2v) is 3.05. The second kappa shape index (κ2) is 3.66. The summed E-state index contributed by atoms with van der Waals surface area (Å²) in [6.07, 6.45) is -0.661. The first kappa shape index (κ1) is 9.86. The average Bonchev–Trinajstić information content (AvgIpc) is 2.02. The van der Waals surface area contributed by atoms with Gasteiger partial charge in [-0.25, -0.2) is 0 Å². The highest BCUT2D eigenvalue weighted by atomic mass is 16.5. The van der Waals surface area contributed by atoms with Crippen LogP contribution in [-0.2, 0) is 0 Å². The van der Waals surface area contributed by atoms with E-state index in [0.717, 1.165) is 5.56 Å². The molecule has 1 unspecified atom stereocenters. The van der Waals surface area contributed by atoms with E-state index in [4.69, 9.17) is 4.74 Å². The number of phenols is 1. The summed E-state index contributed by atoms with van der Waals surface area (Å²) < 4.78 is 4.97. The summed E-state index contributed by atoms with van der Waals surface area (Å²) in [6, 6.07) is 3.27. The number of aliphatic hydroxyl groups excluding tert-OH is 1. The SMILES string of the molecule is COc1cc(C)c(C(C)O)c(O)c1. The molecule has 1 aromatic rings. The Morgan fingerprint density at radius 2 is 2.00 bits per heavy atom. The first-order chi connectivity index (χ1) is 6.06. The summed E-state index contributed by atoms with van der Waals surface area (Å²) in [6.45, 7) is 3.44. The molecular weight excluding hydrogens is 168 g/mol. The van der Waals surface area contributed by atoms with E-state index >= 15 is 0 Å². The van der Waals surface area contributed by atoms with E-state index < -0.39 is 6.10 Å². The number of aliphatic hydroxyl groups is 1. The third-order valence-corrected chi connectivity index (χ3v) is 1.99. The lowest BCUT2D eigenvalue weighted by Gasteiger charge is -2.12. The molecule has 0 aliphatic rings. The molecule has 3 nitrogen and oxygen atoms in total. The molecular formula is C10H14O3. The largest absolute Gasteiger partial charge is 0.507 e. The van der Waals surface area contributed by atoms with Crippen LogP contribution in [0.1, 0.15) is 24.2 Å². The fourth-order valence-electron chi connectivity index (χ4n) is 1.41. The molecule has 0 heterocycles. The van der Waals surface area contributed by atoms with Crippen LogP contribution in [0.4, 0.5) is 0 Å². The number of aryl methyl sites for hydroxylation is 1. The normalized spacial score (nSPS) is 12.6. The van der Waals surface area contributed by atoms with Crippen LogP contribution in [0.25, 0.3) is 0 Å². The minimum Gasteiger partial charge on any atom is -0.507 e. The van der Waals surface area contributed by atoms with Gasteiger partial charge in [-0.2, -0.15) is 0 Å². The number of hydrogen-bond acceptors (Lipinski definition) is 3. The van der Waals surface area contributed by atoms with E-state index in [9.17, 15) is 10.2 Å². The molecule has 1 rings (SSSR count). The lowest BCUT2D eigenvalue weighted by molar-refractivity contribution is 0.194. The van der Waals surface area contributed by atoms with Crippen LogP contribution in [0.5, 0.6) is 11.5 Å². The van der Waals surface area contributed by atoms with E-state index in [1.807, 2.05) is 6.92 Å². The molecule has 72 valence electrons. The third kappa shape index (κ3) is 1.92. The number of phenolic OH excluding ortho intramolecular Hbond substituents is 1. The predicted octanol–water partition coefficient (Wildman–Crippen LogP) is 1.76. The smallest absolute Gasteiger partial charge is 0.125 e. The van der Waals surface area contributed by atoms with Gasteiger partial charge in [-0.05, 0) is 25.5 Å². The molecule has 3 heteroatoms. The first-order valence-electron chi connectivity index (χ1n) is 4.11. The maximum atomic E-state index is 9.53. The highest BCUT2D eigenvalue weighted by molar-refractivity contribution is 5.46. The molecule has 0 saturated carbocycles. The summed E-state index contributed by atoms with van der Waals surface area (Å²) in [7, 11) is 1.54. The van der Waals surface area contributed by atoms with Crippen molar-refractivity contribution in [2.45, 2.75) is 20.0 Å². The molecule has 0 aliphatic carbocycles. The van der Waals surface area contributed by atoms with Crippen LogP contribution < -0.4 is 4.74 Å². The fourth-order valence-corrected chi connectivity index (χ4v) is 1.41. The topological polar surface area (TPSA) is 49.7 Å². The quantitative estimate of drug-likeness (QED) is 0.732. The highest BCUT2D eigenvalue weighted by Gasteiger charge is 2.11. The summed E-state index contributed by atoms with van der Waals surface area (Å²) in [5.41, 5.74) is 1.38. The van der Waals surface area contributed by atoms with Crippen LogP contribution in [0.15, 0.2) is 12.1 Å². The van der Waals surface area contributed by atoms with E-state index in [-0.39, 0.29) is 5.75 Å². The number of hydrogen-bond donors (Lipinski definition) is 2. The zero-order chi connectivity index (χ0) is 10.0. The van der Waals surface area contributed by atoms with Gasteiger partial charge in [0.05, 0.1) is 13.2 Å². The number of methoxy groups -OCH3 is 1. The average molecular weight is 182 g/mol. The number of benzene rings is 1. The second-order valence-electron chi connectivity index (χ2n) is 3.05. The van der Waals surface area contributed by atoms with Gasteiger partial charge in [0.1, 0.15) is 11.5 Å². The van der Waals surface area contributed by atoms with E-state index in [1.54, 1.807) is 13.0 Å². The summed E-state index contributed by atoms with van der Waals surface area (Å²) >= 11 is 0. The van der Waals surface area contributed by atoms with Crippen molar-refractivity contribution in [1.82, 2.24) is 0 Å². The first-order valence-corrected chi connectivity index (χ1v) is 4.11. The zero-order valence-electron chi connectivity index (χ0n) is 8.03.